The predicted molar refractivity (Wildman–Crippen MR) is 72.0 cm³/mol. The molecule has 1 aliphatic rings. The van der Waals surface area contributed by atoms with Gasteiger partial charge in [-0.15, -0.1) is 0 Å². The molecule has 0 N–H and O–H groups in total. The second kappa shape index (κ2) is 5.85. The van der Waals surface area contributed by atoms with E-state index >= 15 is 0 Å². The highest BCUT2D eigenvalue weighted by molar-refractivity contribution is 5.81. The highest BCUT2D eigenvalue weighted by atomic mass is 16.2. The van der Waals surface area contributed by atoms with Crippen LogP contribution in [0.25, 0.3) is 0 Å². The normalized spacial score (nSPS) is 18.8. The lowest BCUT2D eigenvalue weighted by molar-refractivity contribution is -0.141. The largest absolute Gasteiger partial charge is 0.340 e. The maximum absolute atomic E-state index is 12.1. The fraction of sp³-hybridized carbons (Fsp3) is 0.929. The van der Waals surface area contributed by atoms with E-state index in [4.69, 9.17) is 0 Å². The average molecular weight is 240 g/mol. The van der Waals surface area contributed by atoms with Crippen molar-refractivity contribution in [3.8, 4) is 0 Å². The molecule has 100 valence electrons. The number of carbonyl (C=O) groups is 1. The summed E-state index contributed by atoms with van der Waals surface area (Å²) in [7, 11) is 0. The maximum Gasteiger partial charge on any atom is 0.228 e. The van der Waals surface area contributed by atoms with Gasteiger partial charge in [0.1, 0.15) is 0 Å². The molecule has 17 heavy (non-hydrogen) atoms. The minimum Gasteiger partial charge on any atom is -0.340 e. The van der Waals surface area contributed by atoms with E-state index < -0.39 is 0 Å². The first-order chi connectivity index (χ1) is 7.90. The number of hydrogen-bond donors (Lipinski definition) is 0. The van der Waals surface area contributed by atoms with Crippen LogP contribution in [0.1, 0.15) is 47.5 Å². The van der Waals surface area contributed by atoms with Crippen LogP contribution in [0.15, 0.2) is 0 Å². The van der Waals surface area contributed by atoms with Crippen molar-refractivity contribution in [3.63, 3.8) is 0 Å². The molecule has 0 bridgehead atoms. The van der Waals surface area contributed by atoms with Gasteiger partial charge in [-0.2, -0.15) is 0 Å². The first-order valence-corrected chi connectivity index (χ1v) is 6.93. The zero-order valence-corrected chi connectivity index (χ0v) is 12.1. The van der Waals surface area contributed by atoms with E-state index in [1.165, 1.54) is 12.8 Å². The topological polar surface area (TPSA) is 23.6 Å². The number of amides is 1. The van der Waals surface area contributed by atoms with Crippen molar-refractivity contribution in [2.24, 2.45) is 5.41 Å². The van der Waals surface area contributed by atoms with Crippen molar-refractivity contribution in [2.75, 3.05) is 26.2 Å². The Kier molecular flexibility index (Phi) is 4.99. The molecular formula is C14H28N2O. The van der Waals surface area contributed by atoms with Gasteiger partial charge >= 0.3 is 0 Å². The Hall–Kier alpha value is -0.570. The van der Waals surface area contributed by atoms with Gasteiger partial charge in [-0.05, 0) is 12.8 Å². The van der Waals surface area contributed by atoms with Crippen molar-refractivity contribution >= 4 is 5.91 Å². The average Bonchev–Trinajstić information content (AvgIpc) is 2.29. The van der Waals surface area contributed by atoms with Gasteiger partial charge in [0, 0.05) is 37.6 Å². The van der Waals surface area contributed by atoms with E-state index in [9.17, 15) is 4.79 Å². The molecule has 0 aromatic carbocycles. The Labute approximate surface area is 106 Å². The highest BCUT2D eigenvalue weighted by Crippen LogP contribution is 2.20. The lowest BCUT2D eigenvalue weighted by atomic mass is 9.94. The fourth-order valence-electron chi connectivity index (χ4n) is 2.57. The van der Waals surface area contributed by atoms with E-state index in [0.29, 0.717) is 11.9 Å². The minimum absolute atomic E-state index is 0.239. The van der Waals surface area contributed by atoms with Gasteiger partial charge in [-0.1, -0.05) is 34.6 Å². The third-order valence-corrected chi connectivity index (χ3v) is 3.70. The van der Waals surface area contributed by atoms with Crippen molar-refractivity contribution < 1.29 is 4.79 Å². The van der Waals surface area contributed by atoms with Crippen LogP contribution in [0.4, 0.5) is 0 Å². The van der Waals surface area contributed by atoms with Crippen LogP contribution >= 0.6 is 0 Å². The molecule has 0 radical (unpaired) electrons. The fourth-order valence-corrected chi connectivity index (χ4v) is 2.57. The van der Waals surface area contributed by atoms with Gasteiger partial charge in [0.05, 0.1) is 0 Å². The van der Waals surface area contributed by atoms with E-state index in [-0.39, 0.29) is 5.41 Å². The number of nitrogens with zero attached hydrogens (tertiary/aromatic N) is 2. The van der Waals surface area contributed by atoms with Crippen molar-refractivity contribution in [3.05, 3.63) is 0 Å². The molecule has 3 nitrogen and oxygen atoms in total. The molecule has 1 rings (SSSR count). The summed E-state index contributed by atoms with van der Waals surface area (Å²) in [6, 6.07) is 0.696. The van der Waals surface area contributed by atoms with E-state index in [2.05, 4.69) is 18.7 Å². The second-order valence-electron chi connectivity index (χ2n) is 6.05. The molecule has 0 unspecified atom stereocenters. The molecule has 3 heteroatoms. The van der Waals surface area contributed by atoms with Gasteiger partial charge in [0.25, 0.3) is 0 Å². The maximum atomic E-state index is 12.1. The third-order valence-electron chi connectivity index (χ3n) is 3.70. The van der Waals surface area contributed by atoms with Gasteiger partial charge in [-0.3, -0.25) is 9.69 Å². The standard InChI is InChI=1S/C14H28N2O/c1-6-12(7-2)15-8-10-16(11-9-15)13(17)14(3,4)5/h12H,6-11H2,1-5H3. The first kappa shape index (κ1) is 14.5. The Balaban J connectivity index is 2.48. The number of hydrogen-bond acceptors (Lipinski definition) is 2. The second-order valence-corrected chi connectivity index (χ2v) is 6.05. The molecule has 1 saturated heterocycles. The van der Waals surface area contributed by atoms with Crippen molar-refractivity contribution in [1.82, 2.24) is 9.80 Å². The lowest BCUT2D eigenvalue weighted by Crippen LogP contribution is -2.53. The molecular weight excluding hydrogens is 212 g/mol. The number of carbonyl (C=O) groups excluding carboxylic acids is 1. The van der Waals surface area contributed by atoms with Gasteiger partial charge in [0.15, 0.2) is 0 Å². The van der Waals surface area contributed by atoms with Crippen LogP contribution in [0.3, 0.4) is 0 Å². The quantitative estimate of drug-likeness (QED) is 0.756. The van der Waals surface area contributed by atoms with Gasteiger partial charge in [0.2, 0.25) is 5.91 Å². The zero-order valence-electron chi connectivity index (χ0n) is 12.1. The molecule has 0 spiro atoms. The van der Waals surface area contributed by atoms with E-state index in [0.717, 1.165) is 26.2 Å². The number of rotatable bonds is 3. The molecule has 0 aromatic heterocycles. The summed E-state index contributed by atoms with van der Waals surface area (Å²) >= 11 is 0. The summed E-state index contributed by atoms with van der Waals surface area (Å²) in [4.78, 5) is 16.7. The molecule has 0 aromatic rings. The summed E-state index contributed by atoms with van der Waals surface area (Å²) in [5.74, 6) is 0.293. The summed E-state index contributed by atoms with van der Waals surface area (Å²) < 4.78 is 0. The van der Waals surface area contributed by atoms with E-state index in [1.807, 2.05) is 25.7 Å². The predicted octanol–water partition coefficient (Wildman–Crippen LogP) is 2.37. The van der Waals surface area contributed by atoms with Crippen LogP contribution in [0, 0.1) is 5.41 Å². The summed E-state index contributed by atoms with van der Waals surface area (Å²) in [5, 5.41) is 0. The Morgan fingerprint density at radius 1 is 1.06 bits per heavy atom. The van der Waals surface area contributed by atoms with Crippen molar-refractivity contribution in [2.45, 2.75) is 53.5 Å². The Bertz CT molecular complexity index is 245. The zero-order chi connectivity index (χ0) is 13.1. The first-order valence-electron chi connectivity index (χ1n) is 6.93. The SMILES string of the molecule is CCC(CC)N1CCN(C(=O)C(C)(C)C)CC1. The molecule has 1 heterocycles. The molecule has 0 aliphatic carbocycles. The van der Waals surface area contributed by atoms with Crippen LogP contribution in [-0.2, 0) is 4.79 Å². The van der Waals surface area contributed by atoms with E-state index in [1.54, 1.807) is 0 Å². The number of piperazine rings is 1. The summed E-state index contributed by atoms with van der Waals surface area (Å²) in [6.07, 6.45) is 2.42. The van der Waals surface area contributed by atoms with Crippen LogP contribution in [0.5, 0.6) is 0 Å². The molecule has 0 saturated carbocycles. The van der Waals surface area contributed by atoms with Crippen LogP contribution in [0.2, 0.25) is 0 Å². The van der Waals surface area contributed by atoms with Gasteiger partial charge in [-0.25, -0.2) is 0 Å². The Morgan fingerprint density at radius 3 is 1.88 bits per heavy atom. The molecule has 1 aliphatic heterocycles. The van der Waals surface area contributed by atoms with Crippen molar-refractivity contribution in [1.29, 1.82) is 0 Å². The minimum atomic E-state index is -0.239. The summed E-state index contributed by atoms with van der Waals surface area (Å²) in [5.41, 5.74) is -0.239. The monoisotopic (exact) mass is 240 g/mol. The van der Waals surface area contributed by atoms with Crippen LogP contribution < -0.4 is 0 Å². The molecule has 1 fully saturated rings. The molecule has 0 atom stereocenters. The van der Waals surface area contributed by atoms with Gasteiger partial charge < -0.3 is 4.90 Å². The highest BCUT2D eigenvalue weighted by Gasteiger charge is 2.30. The van der Waals surface area contributed by atoms with Crippen LogP contribution in [-0.4, -0.2) is 47.9 Å². The lowest BCUT2D eigenvalue weighted by Gasteiger charge is -2.40. The Morgan fingerprint density at radius 2 is 1.53 bits per heavy atom. The smallest absolute Gasteiger partial charge is 0.228 e. The third kappa shape index (κ3) is 3.70. The molecule has 1 amide bonds. The summed E-state index contributed by atoms with van der Waals surface area (Å²) in [6.45, 7) is 14.4.